The first kappa shape index (κ1) is 16.5. The van der Waals surface area contributed by atoms with E-state index in [1.165, 1.54) is 13.2 Å². The molecule has 1 heterocycles. The maximum absolute atomic E-state index is 12.3. The summed E-state index contributed by atoms with van der Waals surface area (Å²) in [5, 5.41) is 10.7. The molecule has 0 saturated heterocycles. The number of carboxylic acids is 1. The smallest absolute Gasteiger partial charge is 0.305 e. The second-order valence-electron chi connectivity index (χ2n) is 4.48. The van der Waals surface area contributed by atoms with Crippen molar-refractivity contribution in [2.24, 2.45) is 0 Å². The van der Waals surface area contributed by atoms with E-state index in [2.05, 4.69) is 4.72 Å². The van der Waals surface area contributed by atoms with Crippen LogP contribution in [-0.4, -0.2) is 26.6 Å². The molecule has 1 atom stereocenters. The molecule has 0 unspecified atom stereocenters. The molecule has 8 heteroatoms. The summed E-state index contributed by atoms with van der Waals surface area (Å²) >= 11 is 1.07. The first-order chi connectivity index (χ1) is 10.4. The van der Waals surface area contributed by atoms with Gasteiger partial charge in [-0.25, -0.2) is 13.1 Å². The van der Waals surface area contributed by atoms with E-state index in [4.69, 9.17) is 9.84 Å². The van der Waals surface area contributed by atoms with Gasteiger partial charge in [0.25, 0.3) is 10.0 Å². The Balaban J connectivity index is 2.28. The van der Waals surface area contributed by atoms with Crippen LogP contribution in [0.2, 0.25) is 0 Å². The molecular formula is C14H15NO5S2. The monoisotopic (exact) mass is 341 g/mol. The number of hydrogen-bond donors (Lipinski definition) is 2. The molecule has 0 spiro atoms. The molecule has 0 amide bonds. The minimum atomic E-state index is -3.75. The van der Waals surface area contributed by atoms with Crippen molar-refractivity contribution < 1.29 is 23.1 Å². The molecule has 1 aromatic heterocycles. The molecule has 0 aliphatic rings. The zero-order chi connectivity index (χ0) is 16.2. The van der Waals surface area contributed by atoms with Gasteiger partial charge in [0, 0.05) is 0 Å². The number of rotatable bonds is 7. The highest BCUT2D eigenvalue weighted by atomic mass is 32.2. The van der Waals surface area contributed by atoms with E-state index in [1.807, 2.05) is 0 Å². The largest absolute Gasteiger partial charge is 0.497 e. The van der Waals surface area contributed by atoms with Gasteiger partial charge in [-0.2, -0.15) is 0 Å². The minimum Gasteiger partial charge on any atom is -0.497 e. The molecule has 1 aromatic carbocycles. The van der Waals surface area contributed by atoms with Gasteiger partial charge in [0.1, 0.15) is 9.96 Å². The van der Waals surface area contributed by atoms with Crippen molar-refractivity contribution in [1.29, 1.82) is 0 Å². The Morgan fingerprint density at radius 2 is 2.00 bits per heavy atom. The van der Waals surface area contributed by atoms with Gasteiger partial charge in [-0.1, -0.05) is 18.2 Å². The van der Waals surface area contributed by atoms with Crippen LogP contribution in [0.5, 0.6) is 5.75 Å². The highest BCUT2D eigenvalue weighted by molar-refractivity contribution is 7.91. The lowest BCUT2D eigenvalue weighted by atomic mass is 10.0. The molecule has 2 rings (SSSR count). The van der Waals surface area contributed by atoms with E-state index < -0.39 is 22.0 Å². The van der Waals surface area contributed by atoms with Gasteiger partial charge in [-0.05, 0) is 29.1 Å². The molecule has 2 aromatic rings. The predicted octanol–water partition coefficient (Wildman–Crippen LogP) is 2.25. The third kappa shape index (κ3) is 4.06. The molecule has 0 saturated carbocycles. The van der Waals surface area contributed by atoms with E-state index in [0.717, 1.165) is 11.3 Å². The zero-order valence-corrected chi connectivity index (χ0v) is 13.4. The fraction of sp³-hybridized carbons (Fsp3) is 0.214. The van der Waals surface area contributed by atoms with Crippen molar-refractivity contribution >= 4 is 27.3 Å². The van der Waals surface area contributed by atoms with Crippen LogP contribution in [0.1, 0.15) is 18.0 Å². The summed E-state index contributed by atoms with van der Waals surface area (Å²) in [4.78, 5) is 11.0. The Hall–Kier alpha value is -1.90. The second-order valence-corrected chi connectivity index (χ2v) is 7.37. The molecule has 0 aliphatic heterocycles. The minimum absolute atomic E-state index is 0.149. The number of nitrogens with one attached hydrogen (secondary N) is 1. The average molecular weight is 341 g/mol. The molecule has 22 heavy (non-hydrogen) atoms. The van der Waals surface area contributed by atoms with Crippen LogP contribution in [-0.2, 0) is 14.8 Å². The predicted molar refractivity (Wildman–Crippen MR) is 82.6 cm³/mol. The van der Waals surface area contributed by atoms with Crippen LogP contribution in [0, 0.1) is 0 Å². The summed E-state index contributed by atoms with van der Waals surface area (Å²) in [6.45, 7) is 0. The van der Waals surface area contributed by atoms with E-state index in [0.29, 0.717) is 11.3 Å². The fourth-order valence-corrected chi connectivity index (χ4v) is 4.13. The molecule has 0 radical (unpaired) electrons. The first-order valence-electron chi connectivity index (χ1n) is 6.34. The fourth-order valence-electron chi connectivity index (χ4n) is 1.90. The summed E-state index contributed by atoms with van der Waals surface area (Å²) in [5.74, 6) is -0.478. The van der Waals surface area contributed by atoms with Gasteiger partial charge in [0.2, 0.25) is 0 Å². The maximum Gasteiger partial charge on any atom is 0.305 e. The van der Waals surface area contributed by atoms with Gasteiger partial charge in [-0.15, -0.1) is 11.3 Å². The van der Waals surface area contributed by atoms with Gasteiger partial charge >= 0.3 is 5.97 Å². The Labute approximate surface area is 132 Å². The van der Waals surface area contributed by atoms with Crippen LogP contribution in [0.25, 0.3) is 0 Å². The number of sulfonamides is 1. The summed E-state index contributed by atoms with van der Waals surface area (Å²) in [6.07, 6.45) is -0.350. The number of thiophene rings is 1. The number of methoxy groups -OCH3 is 1. The second kappa shape index (κ2) is 6.91. The Morgan fingerprint density at radius 3 is 2.50 bits per heavy atom. The van der Waals surface area contributed by atoms with Crippen LogP contribution in [0.4, 0.5) is 0 Å². The Bertz CT molecular complexity index is 723. The number of ether oxygens (including phenoxy) is 1. The van der Waals surface area contributed by atoms with Crippen molar-refractivity contribution in [3.63, 3.8) is 0 Å². The standard InChI is InChI=1S/C14H15NO5S2/c1-20-11-6-4-10(5-7-11)12(9-13(16)17)15-22(18,19)14-3-2-8-21-14/h2-8,12,15H,9H2,1H3,(H,16,17)/t12-/m0/s1. The van der Waals surface area contributed by atoms with Gasteiger partial charge in [0.15, 0.2) is 0 Å². The molecule has 0 bridgehead atoms. The van der Waals surface area contributed by atoms with Crippen molar-refractivity contribution in [2.75, 3.05) is 7.11 Å². The van der Waals surface area contributed by atoms with Gasteiger partial charge in [0.05, 0.1) is 19.6 Å². The first-order valence-corrected chi connectivity index (χ1v) is 8.70. The maximum atomic E-state index is 12.3. The van der Waals surface area contributed by atoms with Crippen molar-refractivity contribution in [3.8, 4) is 5.75 Å². The van der Waals surface area contributed by atoms with Crippen LogP contribution >= 0.6 is 11.3 Å². The summed E-state index contributed by atoms with van der Waals surface area (Å²) in [7, 11) is -2.23. The lowest BCUT2D eigenvalue weighted by Gasteiger charge is -2.17. The third-order valence-corrected chi connectivity index (χ3v) is 5.82. The van der Waals surface area contributed by atoms with Crippen LogP contribution in [0.3, 0.4) is 0 Å². The van der Waals surface area contributed by atoms with Crippen molar-refractivity contribution in [1.82, 2.24) is 4.72 Å². The normalized spacial score (nSPS) is 12.8. The van der Waals surface area contributed by atoms with Crippen molar-refractivity contribution in [3.05, 3.63) is 47.3 Å². The topological polar surface area (TPSA) is 92.7 Å². The highest BCUT2D eigenvalue weighted by Crippen LogP contribution is 2.24. The molecule has 118 valence electrons. The summed E-state index contributed by atoms with van der Waals surface area (Å²) < 4.78 is 32.2. The lowest BCUT2D eigenvalue weighted by molar-refractivity contribution is -0.137. The Kier molecular flexibility index (Phi) is 5.17. The molecule has 0 aliphatic carbocycles. The van der Waals surface area contributed by atoms with E-state index in [9.17, 15) is 13.2 Å². The van der Waals surface area contributed by atoms with Crippen molar-refractivity contribution in [2.45, 2.75) is 16.7 Å². The average Bonchev–Trinajstić information content (AvgIpc) is 3.01. The molecule has 0 fully saturated rings. The number of hydrogen-bond acceptors (Lipinski definition) is 5. The van der Waals surface area contributed by atoms with E-state index >= 15 is 0 Å². The van der Waals surface area contributed by atoms with Crippen LogP contribution in [0.15, 0.2) is 46.0 Å². The third-order valence-electron chi connectivity index (χ3n) is 2.95. The molecule has 2 N–H and O–H groups in total. The molecular weight excluding hydrogens is 326 g/mol. The Morgan fingerprint density at radius 1 is 1.32 bits per heavy atom. The molecule has 6 nitrogen and oxygen atoms in total. The summed E-state index contributed by atoms with van der Waals surface area (Å²) in [6, 6.07) is 8.84. The SMILES string of the molecule is COc1ccc([C@H](CC(=O)O)NS(=O)(=O)c2cccs2)cc1. The quantitative estimate of drug-likeness (QED) is 0.806. The van der Waals surface area contributed by atoms with E-state index in [-0.39, 0.29) is 10.6 Å². The number of aliphatic carboxylic acids is 1. The number of carboxylic acid groups (broad SMARTS) is 1. The van der Waals surface area contributed by atoms with Crippen LogP contribution < -0.4 is 9.46 Å². The van der Waals surface area contributed by atoms with E-state index in [1.54, 1.807) is 35.7 Å². The zero-order valence-electron chi connectivity index (χ0n) is 11.7. The highest BCUT2D eigenvalue weighted by Gasteiger charge is 2.24. The summed E-state index contributed by atoms with van der Waals surface area (Å²) in [5.41, 5.74) is 0.559. The number of benzene rings is 1. The van der Waals surface area contributed by atoms with Gasteiger partial charge in [-0.3, -0.25) is 4.79 Å². The van der Waals surface area contributed by atoms with Gasteiger partial charge < -0.3 is 9.84 Å². The lowest BCUT2D eigenvalue weighted by Crippen LogP contribution is -2.29. The number of carbonyl (C=O) groups is 1.